The Kier molecular flexibility index (Phi) is 4.16. The number of anilines is 2. The molecule has 6 heteroatoms. The molecule has 0 fully saturated rings. The Morgan fingerprint density at radius 2 is 1.76 bits per heavy atom. The number of carbonyl (C=O) groups is 1. The maximum Gasteiger partial charge on any atom is 0.253 e. The van der Waals surface area contributed by atoms with Gasteiger partial charge in [-0.3, -0.25) is 4.79 Å². The Bertz CT molecular complexity index is 702. The molecule has 1 amide bonds. The zero-order valence-corrected chi connectivity index (χ0v) is 11.4. The fraction of sp³-hybridized carbons (Fsp3) is 0.133. The minimum Gasteiger partial charge on any atom is -0.355 e. The molecule has 2 N–H and O–H groups in total. The van der Waals surface area contributed by atoms with Crippen LogP contribution in [0.2, 0.25) is 0 Å². The Morgan fingerprint density at radius 3 is 2.38 bits per heavy atom. The molecule has 2 aromatic rings. The van der Waals surface area contributed by atoms with Crippen LogP contribution in [0.1, 0.15) is 15.9 Å². The number of benzene rings is 2. The first kappa shape index (κ1) is 14.9. The van der Waals surface area contributed by atoms with E-state index in [9.17, 15) is 18.0 Å². The summed E-state index contributed by atoms with van der Waals surface area (Å²) in [7, 11) is 1.36. The molecule has 0 aliphatic heterocycles. The van der Waals surface area contributed by atoms with Gasteiger partial charge >= 0.3 is 0 Å². The van der Waals surface area contributed by atoms with E-state index >= 15 is 0 Å². The molecular weight excluding hydrogens is 281 g/mol. The molecule has 3 nitrogen and oxygen atoms in total. The normalized spacial score (nSPS) is 10.3. The first-order chi connectivity index (χ1) is 9.93. The molecule has 21 heavy (non-hydrogen) atoms. The lowest BCUT2D eigenvalue weighted by Crippen LogP contribution is -2.20. The van der Waals surface area contributed by atoms with Crippen LogP contribution in [0.5, 0.6) is 0 Å². The Morgan fingerprint density at radius 1 is 1.05 bits per heavy atom. The molecule has 0 bridgehead atoms. The average Bonchev–Trinajstić information content (AvgIpc) is 2.45. The molecule has 0 saturated heterocycles. The van der Waals surface area contributed by atoms with E-state index in [1.165, 1.54) is 19.2 Å². The second kappa shape index (κ2) is 5.87. The van der Waals surface area contributed by atoms with E-state index in [0.717, 1.165) is 12.1 Å². The highest BCUT2D eigenvalue weighted by Gasteiger charge is 2.19. The van der Waals surface area contributed by atoms with Crippen LogP contribution in [0, 0.1) is 24.4 Å². The van der Waals surface area contributed by atoms with Crippen LogP contribution in [0.4, 0.5) is 24.5 Å². The maximum atomic E-state index is 13.9. The summed E-state index contributed by atoms with van der Waals surface area (Å²) >= 11 is 0. The molecule has 0 atom stereocenters. The van der Waals surface area contributed by atoms with Crippen molar-refractivity contribution in [2.24, 2.45) is 0 Å². The molecular formula is C15H13F3N2O. The van der Waals surface area contributed by atoms with Gasteiger partial charge in [-0.05, 0) is 36.8 Å². The van der Waals surface area contributed by atoms with Crippen molar-refractivity contribution < 1.29 is 18.0 Å². The number of nitrogens with one attached hydrogen (secondary N) is 2. The smallest absolute Gasteiger partial charge is 0.253 e. The molecule has 0 saturated carbocycles. The Hall–Kier alpha value is -2.50. The standard InChI is InChI=1S/C15H13F3N2O/c1-8-3-6-12(11(17)7-8)20-14-9(15(21)19-2)4-5-10(16)13(14)18/h3-7,20H,1-2H3,(H,19,21). The van der Waals surface area contributed by atoms with Crippen LogP contribution in [0.25, 0.3) is 0 Å². The predicted molar refractivity (Wildman–Crippen MR) is 74.2 cm³/mol. The van der Waals surface area contributed by atoms with E-state index < -0.39 is 29.0 Å². The summed E-state index contributed by atoms with van der Waals surface area (Å²) in [4.78, 5) is 11.7. The zero-order chi connectivity index (χ0) is 15.6. The molecule has 110 valence electrons. The summed E-state index contributed by atoms with van der Waals surface area (Å²) in [6, 6.07) is 6.23. The summed E-state index contributed by atoms with van der Waals surface area (Å²) in [5, 5.41) is 4.76. The first-order valence-electron chi connectivity index (χ1n) is 6.17. The number of aryl methyl sites for hydroxylation is 1. The van der Waals surface area contributed by atoms with Crippen molar-refractivity contribution in [1.29, 1.82) is 0 Å². The van der Waals surface area contributed by atoms with E-state index in [2.05, 4.69) is 10.6 Å². The van der Waals surface area contributed by atoms with Gasteiger partial charge in [0.15, 0.2) is 11.6 Å². The molecule has 0 aliphatic carbocycles. The third kappa shape index (κ3) is 2.99. The Labute approximate surface area is 119 Å². The van der Waals surface area contributed by atoms with Gasteiger partial charge < -0.3 is 10.6 Å². The molecule has 0 heterocycles. The fourth-order valence-corrected chi connectivity index (χ4v) is 1.85. The van der Waals surface area contributed by atoms with Crippen molar-refractivity contribution >= 4 is 17.3 Å². The largest absolute Gasteiger partial charge is 0.355 e. The quantitative estimate of drug-likeness (QED) is 0.909. The van der Waals surface area contributed by atoms with Crippen molar-refractivity contribution in [3.8, 4) is 0 Å². The molecule has 2 rings (SSSR count). The van der Waals surface area contributed by atoms with Crippen LogP contribution in [-0.4, -0.2) is 13.0 Å². The minimum absolute atomic E-state index is 0.0461. The molecule has 0 radical (unpaired) electrons. The van der Waals surface area contributed by atoms with Gasteiger partial charge in [-0.2, -0.15) is 0 Å². The number of carbonyl (C=O) groups excluding carboxylic acids is 1. The second-order valence-corrected chi connectivity index (χ2v) is 4.47. The third-order valence-electron chi connectivity index (χ3n) is 2.95. The van der Waals surface area contributed by atoms with Gasteiger partial charge in [0, 0.05) is 7.05 Å². The van der Waals surface area contributed by atoms with E-state index in [1.54, 1.807) is 13.0 Å². The minimum atomic E-state index is -1.24. The van der Waals surface area contributed by atoms with Crippen molar-refractivity contribution in [2.75, 3.05) is 12.4 Å². The number of rotatable bonds is 3. The molecule has 0 spiro atoms. The topological polar surface area (TPSA) is 41.1 Å². The average molecular weight is 294 g/mol. The summed E-state index contributed by atoms with van der Waals surface area (Å²) in [5.41, 5.74) is 0.119. The Balaban J connectivity index is 2.51. The predicted octanol–water partition coefficient (Wildman–Crippen LogP) is 3.52. The van der Waals surface area contributed by atoms with Gasteiger partial charge in [-0.25, -0.2) is 13.2 Å². The summed E-state index contributed by atoms with van der Waals surface area (Å²) < 4.78 is 41.1. The second-order valence-electron chi connectivity index (χ2n) is 4.47. The van der Waals surface area contributed by atoms with Gasteiger partial charge in [0.1, 0.15) is 5.82 Å². The van der Waals surface area contributed by atoms with Crippen molar-refractivity contribution in [2.45, 2.75) is 6.92 Å². The highest BCUT2D eigenvalue weighted by Crippen LogP contribution is 2.28. The van der Waals surface area contributed by atoms with Gasteiger partial charge in [0.05, 0.1) is 16.9 Å². The van der Waals surface area contributed by atoms with Crippen molar-refractivity contribution in [3.63, 3.8) is 0 Å². The summed E-state index contributed by atoms with van der Waals surface area (Å²) in [6.07, 6.45) is 0. The lowest BCUT2D eigenvalue weighted by molar-refractivity contribution is 0.0963. The number of hydrogen-bond donors (Lipinski definition) is 2. The molecule has 0 aromatic heterocycles. The molecule has 0 aliphatic rings. The van der Waals surface area contributed by atoms with Crippen LogP contribution >= 0.6 is 0 Å². The monoisotopic (exact) mass is 294 g/mol. The summed E-state index contributed by atoms with van der Waals surface area (Å²) in [5.74, 6) is -3.60. The SMILES string of the molecule is CNC(=O)c1ccc(F)c(F)c1Nc1ccc(C)cc1F. The molecule has 0 unspecified atom stereocenters. The van der Waals surface area contributed by atoms with Crippen molar-refractivity contribution in [3.05, 3.63) is 58.9 Å². The van der Waals surface area contributed by atoms with E-state index in [1.807, 2.05) is 0 Å². The van der Waals surface area contributed by atoms with Crippen LogP contribution in [0.3, 0.4) is 0 Å². The van der Waals surface area contributed by atoms with E-state index in [4.69, 9.17) is 0 Å². The number of halogens is 3. The molecule has 2 aromatic carbocycles. The fourth-order valence-electron chi connectivity index (χ4n) is 1.85. The third-order valence-corrected chi connectivity index (χ3v) is 2.95. The van der Waals surface area contributed by atoms with Crippen LogP contribution in [0.15, 0.2) is 30.3 Å². The highest BCUT2D eigenvalue weighted by atomic mass is 19.2. The van der Waals surface area contributed by atoms with Gasteiger partial charge in [0.25, 0.3) is 5.91 Å². The zero-order valence-electron chi connectivity index (χ0n) is 11.4. The van der Waals surface area contributed by atoms with Gasteiger partial charge in [0.2, 0.25) is 0 Å². The van der Waals surface area contributed by atoms with E-state index in [-0.39, 0.29) is 11.3 Å². The van der Waals surface area contributed by atoms with E-state index in [0.29, 0.717) is 5.56 Å². The van der Waals surface area contributed by atoms with Crippen molar-refractivity contribution in [1.82, 2.24) is 5.32 Å². The first-order valence-corrected chi connectivity index (χ1v) is 6.17. The summed E-state index contributed by atoms with van der Waals surface area (Å²) in [6.45, 7) is 1.70. The number of hydrogen-bond acceptors (Lipinski definition) is 2. The van der Waals surface area contributed by atoms with Gasteiger partial charge in [-0.1, -0.05) is 6.07 Å². The maximum absolute atomic E-state index is 13.9. The number of amides is 1. The van der Waals surface area contributed by atoms with Gasteiger partial charge in [-0.15, -0.1) is 0 Å². The lowest BCUT2D eigenvalue weighted by Gasteiger charge is -2.13. The lowest BCUT2D eigenvalue weighted by atomic mass is 10.1. The van der Waals surface area contributed by atoms with Crippen LogP contribution in [-0.2, 0) is 0 Å². The highest BCUT2D eigenvalue weighted by molar-refractivity contribution is 6.00. The van der Waals surface area contributed by atoms with Crippen LogP contribution < -0.4 is 10.6 Å².